The molecule has 0 spiro atoms. The second kappa shape index (κ2) is 6.55. The fourth-order valence-electron chi connectivity index (χ4n) is 2.33. The topological polar surface area (TPSA) is 26.0 Å². The van der Waals surface area contributed by atoms with Crippen LogP contribution in [0.15, 0.2) is 46.9 Å². The van der Waals surface area contributed by atoms with Crippen LogP contribution >= 0.6 is 15.9 Å². The molecule has 2 heteroatoms. The van der Waals surface area contributed by atoms with Crippen molar-refractivity contribution in [2.24, 2.45) is 11.7 Å². The molecule has 0 aliphatic carbocycles. The summed E-state index contributed by atoms with van der Waals surface area (Å²) in [6, 6.07) is 14.9. The van der Waals surface area contributed by atoms with Gasteiger partial charge in [-0.15, -0.1) is 0 Å². The molecule has 1 unspecified atom stereocenters. The minimum absolute atomic E-state index is 0.0694. The molecular weight excluding hydrogens is 310 g/mol. The summed E-state index contributed by atoms with van der Waals surface area (Å²) in [5, 5.41) is 0. The van der Waals surface area contributed by atoms with Crippen molar-refractivity contribution in [1.29, 1.82) is 0 Å². The summed E-state index contributed by atoms with van der Waals surface area (Å²) in [5.74, 6) is 0.683. The molecule has 0 fully saturated rings. The van der Waals surface area contributed by atoms with Crippen LogP contribution in [-0.4, -0.2) is 0 Å². The molecule has 106 valence electrons. The smallest absolute Gasteiger partial charge is 0.0552 e. The molecule has 20 heavy (non-hydrogen) atoms. The fraction of sp³-hybridized carbons (Fsp3) is 0.333. The second-order valence-corrected chi connectivity index (χ2v) is 6.68. The van der Waals surface area contributed by atoms with Gasteiger partial charge in [-0.05, 0) is 47.6 Å². The van der Waals surface area contributed by atoms with Crippen molar-refractivity contribution >= 4 is 15.9 Å². The molecule has 0 amide bonds. The van der Waals surface area contributed by atoms with Crippen LogP contribution in [0.5, 0.6) is 0 Å². The van der Waals surface area contributed by atoms with Crippen LogP contribution in [-0.2, 0) is 6.42 Å². The molecule has 0 saturated heterocycles. The molecule has 0 bridgehead atoms. The first kappa shape index (κ1) is 15.3. The first-order valence-corrected chi connectivity index (χ1v) is 7.87. The Morgan fingerprint density at radius 3 is 2.15 bits per heavy atom. The van der Waals surface area contributed by atoms with Crippen LogP contribution in [0.4, 0.5) is 0 Å². The molecule has 0 saturated carbocycles. The van der Waals surface area contributed by atoms with Crippen LogP contribution in [0.25, 0.3) is 0 Å². The van der Waals surface area contributed by atoms with E-state index in [0.29, 0.717) is 5.92 Å². The molecule has 2 aromatic rings. The molecule has 2 aromatic carbocycles. The molecule has 0 aliphatic rings. The number of nitrogens with two attached hydrogens (primary N) is 1. The first-order chi connectivity index (χ1) is 9.47. The third kappa shape index (κ3) is 3.71. The van der Waals surface area contributed by atoms with Gasteiger partial charge >= 0.3 is 0 Å². The van der Waals surface area contributed by atoms with Crippen molar-refractivity contribution in [3.63, 3.8) is 0 Å². The highest BCUT2D eigenvalue weighted by Crippen LogP contribution is 2.25. The van der Waals surface area contributed by atoms with Gasteiger partial charge in [-0.3, -0.25) is 0 Å². The van der Waals surface area contributed by atoms with Gasteiger partial charge in [0, 0.05) is 4.47 Å². The maximum absolute atomic E-state index is 6.37. The summed E-state index contributed by atoms with van der Waals surface area (Å²) in [6.45, 7) is 6.56. The van der Waals surface area contributed by atoms with Gasteiger partial charge in [0.2, 0.25) is 0 Å². The summed E-state index contributed by atoms with van der Waals surface area (Å²) in [4.78, 5) is 0. The van der Waals surface area contributed by atoms with E-state index >= 15 is 0 Å². The van der Waals surface area contributed by atoms with Crippen molar-refractivity contribution in [3.8, 4) is 0 Å². The van der Waals surface area contributed by atoms with E-state index in [-0.39, 0.29) is 6.04 Å². The molecule has 0 aromatic heterocycles. The maximum Gasteiger partial charge on any atom is 0.0552 e. The van der Waals surface area contributed by atoms with E-state index in [1.807, 2.05) is 0 Å². The Bertz CT molecular complexity index is 572. The fourth-order valence-corrected chi connectivity index (χ4v) is 2.72. The molecule has 0 radical (unpaired) electrons. The Kier molecular flexibility index (Phi) is 5.00. The third-order valence-electron chi connectivity index (χ3n) is 3.54. The Balaban J connectivity index is 2.20. The molecule has 1 atom stereocenters. The average molecular weight is 332 g/mol. The highest BCUT2D eigenvalue weighted by Gasteiger charge is 2.10. The van der Waals surface area contributed by atoms with E-state index in [1.54, 1.807) is 0 Å². The van der Waals surface area contributed by atoms with Gasteiger partial charge in [0.15, 0.2) is 0 Å². The minimum atomic E-state index is -0.0694. The van der Waals surface area contributed by atoms with E-state index in [9.17, 15) is 0 Å². The van der Waals surface area contributed by atoms with Gasteiger partial charge < -0.3 is 5.73 Å². The van der Waals surface area contributed by atoms with Crippen molar-refractivity contribution in [3.05, 3.63) is 69.2 Å². The number of benzene rings is 2. The molecule has 0 aliphatic heterocycles. The van der Waals surface area contributed by atoms with E-state index in [2.05, 4.69) is 79.2 Å². The Morgan fingerprint density at radius 2 is 1.60 bits per heavy atom. The molecule has 0 heterocycles. The van der Waals surface area contributed by atoms with E-state index in [4.69, 9.17) is 5.73 Å². The van der Waals surface area contributed by atoms with Crippen LogP contribution in [0, 0.1) is 12.8 Å². The summed E-state index contributed by atoms with van der Waals surface area (Å²) in [5.41, 5.74) is 11.3. The van der Waals surface area contributed by atoms with Crippen molar-refractivity contribution in [2.75, 3.05) is 0 Å². The van der Waals surface area contributed by atoms with Gasteiger partial charge in [-0.25, -0.2) is 0 Å². The summed E-state index contributed by atoms with van der Waals surface area (Å²) >= 11 is 3.57. The zero-order valence-electron chi connectivity index (χ0n) is 12.4. The van der Waals surface area contributed by atoms with E-state index in [1.165, 1.54) is 11.1 Å². The average Bonchev–Trinajstić information content (AvgIpc) is 2.41. The lowest BCUT2D eigenvalue weighted by Gasteiger charge is -2.15. The number of hydrogen-bond acceptors (Lipinski definition) is 1. The number of halogens is 1. The SMILES string of the molecule is Cc1ccc(C(N)c2ccc(CC(C)C)cc2)cc1Br. The zero-order valence-corrected chi connectivity index (χ0v) is 13.9. The minimum Gasteiger partial charge on any atom is -0.320 e. The Hall–Kier alpha value is -1.12. The van der Waals surface area contributed by atoms with E-state index < -0.39 is 0 Å². The molecule has 2 rings (SSSR count). The van der Waals surface area contributed by atoms with E-state index in [0.717, 1.165) is 22.0 Å². The molecular formula is C18H22BrN. The standard InChI is InChI=1S/C18H22BrN/c1-12(2)10-14-5-8-15(9-6-14)18(20)16-7-4-13(3)17(19)11-16/h4-9,11-12,18H,10,20H2,1-3H3. The summed E-state index contributed by atoms with van der Waals surface area (Å²) in [6.07, 6.45) is 1.12. The monoisotopic (exact) mass is 331 g/mol. The van der Waals surface area contributed by atoms with Crippen molar-refractivity contribution < 1.29 is 0 Å². The number of rotatable bonds is 4. The normalized spacial score (nSPS) is 12.7. The maximum atomic E-state index is 6.37. The van der Waals surface area contributed by atoms with Gasteiger partial charge in [-0.1, -0.05) is 66.2 Å². The lowest BCUT2D eigenvalue weighted by atomic mass is 9.96. The summed E-state index contributed by atoms with van der Waals surface area (Å²) in [7, 11) is 0. The second-order valence-electron chi connectivity index (χ2n) is 5.83. The number of hydrogen-bond donors (Lipinski definition) is 1. The molecule has 1 nitrogen and oxygen atoms in total. The van der Waals surface area contributed by atoms with Crippen LogP contribution in [0.1, 0.15) is 42.1 Å². The summed E-state index contributed by atoms with van der Waals surface area (Å²) < 4.78 is 1.11. The van der Waals surface area contributed by atoms with Crippen LogP contribution in [0.2, 0.25) is 0 Å². The van der Waals surface area contributed by atoms with Crippen LogP contribution in [0.3, 0.4) is 0 Å². The predicted octanol–water partition coefficient (Wildman–Crippen LogP) is 5.00. The highest BCUT2D eigenvalue weighted by atomic mass is 79.9. The third-order valence-corrected chi connectivity index (χ3v) is 4.39. The number of aryl methyl sites for hydroxylation is 1. The lowest BCUT2D eigenvalue weighted by Crippen LogP contribution is -2.12. The first-order valence-electron chi connectivity index (χ1n) is 7.08. The van der Waals surface area contributed by atoms with Gasteiger partial charge in [0.25, 0.3) is 0 Å². The lowest BCUT2D eigenvalue weighted by molar-refractivity contribution is 0.647. The van der Waals surface area contributed by atoms with Gasteiger partial charge in [0.05, 0.1) is 6.04 Å². The predicted molar refractivity (Wildman–Crippen MR) is 89.9 cm³/mol. The molecule has 2 N–H and O–H groups in total. The Morgan fingerprint density at radius 1 is 1.00 bits per heavy atom. The van der Waals surface area contributed by atoms with Crippen LogP contribution < -0.4 is 5.73 Å². The zero-order chi connectivity index (χ0) is 14.7. The van der Waals surface area contributed by atoms with Gasteiger partial charge in [0.1, 0.15) is 0 Å². The van der Waals surface area contributed by atoms with Gasteiger partial charge in [-0.2, -0.15) is 0 Å². The van der Waals surface area contributed by atoms with Crippen molar-refractivity contribution in [2.45, 2.75) is 33.2 Å². The highest BCUT2D eigenvalue weighted by molar-refractivity contribution is 9.10. The van der Waals surface area contributed by atoms with Crippen molar-refractivity contribution in [1.82, 2.24) is 0 Å². The largest absolute Gasteiger partial charge is 0.320 e. The Labute approximate surface area is 130 Å². The quantitative estimate of drug-likeness (QED) is 0.837.